The number of unbranched alkanes of at least 4 members (excludes halogenated alkanes) is 3. The van der Waals surface area contributed by atoms with E-state index in [0.717, 1.165) is 40.7 Å². The lowest BCUT2D eigenvalue weighted by atomic mass is 10.0. The Hall–Kier alpha value is -4.23. The topological polar surface area (TPSA) is 146 Å². The third kappa shape index (κ3) is 8.77. The van der Waals surface area contributed by atoms with Crippen molar-refractivity contribution in [3.8, 4) is 23.0 Å². The summed E-state index contributed by atoms with van der Waals surface area (Å²) in [6.07, 6.45) is 2.79. The molecule has 0 aliphatic carbocycles. The Morgan fingerprint density at radius 1 is 0.702 bits per heavy atom. The number of Topliss-reactive ketones (excluding diaryl/α,β-unsaturated/α-hetero) is 2. The van der Waals surface area contributed by atoms with Gasteiger partial charge in [0.05, 0.1) is 49.0 Å². The second-order valence-corrected chi connectivity index (χ2v) is 13.4. The molecule has 0 aliphatic rings. The number of hydrogen-bond donors (Lipinski definition) is 2. The van der Waals surface area contributed by atoms with Gasteiger partial charge in [0.15, 0.2) is 40.4 Å². The second kappa shape index (κ2) is 16.1. The molecule has 4 aromatic rings. The molecule has 10 nitrogen and oxygen atoms in total. The maximum absolute atomic E-state index is 15.4. The van der Waals surface area contributed by atoms with E-state index in [9.17, 15) is 19.2 Å². The van der Waals surface area contributed by atoms with Crippen LogP contribution in [0.4, 0.5) is 4.39 Å². The van der Waals surface area contributed by atoms with Crippen LogP contribution in [0.1, 0.15) is 71.7 Å². The number of aliphatic carboxylic acids is 2. The SMILES string of the molecule is COc1cc2sc(C(=O)C[C@H](C)C(=O)O)cc2cc1OCCCCCCOc1c(OC)cc2sc(C(=O)C[C@H](C)C(=O)O)cc2c1F. The molecule has 2 aromatic heterocycles. The number of rotatable bonds is 19. The summed E-state index contributed by atoms with van der Waals surface area (Å²) in [5.74, 6) is -3.61. The van der Waals surface area contributed by atoms with Crippen LogP contribution >= 0.6 is 22.7 Å². The number of ketones is 2. The van der Waals surface area contributed by atoms with Gasteiger partial charge in [0, 0.05) is 39.8 Å². The molecule has 2 N–H and O–H groups in total. The van der Waals surface area contributed by atoms with Gasteiger partial charge in [-0.15, -0.1) is 22.7 Å². The van der Waals surface area contributed by atoms with Crippen LogP contribution in [0.3, 0.4) is 0 Å². The fraction of sp³-hybridized carbons (Fsp3) is 0.412. The van der Waals surface area contributed by atoms with E-state index in [1.165, 1.54) is 45.5 Å². The summed E-state index contributed by atoms with van der Waals surface area (Å²) in [6, 6.07) is 8.43. The molecule has 47 heavy (non-hydrogen) atoms. The van der Waals surface area contributed by atoms with Crippen LogP contribution in [0.2, 0.25) is 0 Å². The number of carboxylic acids is 2. The van der Waals surface area contributed by atoms with E-state index in [2.05, 4.69) is 0 Å². The lowest BCUT2D eigenvalue weighted by Crippen LogP contribution is -2.13. The number of ether oxygens (including phenoxy) is 4. The first kappa shape index (κ1) is 35.6. The van der Waals surface area contributed by atoms with Gasteiger partial charge in [0.1, 0.15) is 0 Å². The van der Waals surface area contributed by atoms with Gasteiger partial charge in [-0.25, -0.2) is 4.39 Å². The van der Waals surface area contributed by atoms with Gasteiger partial charge in [-0.2, -0.15) is 0 Å². The summed E-state index contributed by atoms with van der Waals surface area (Å²) in [4.78, 5) is 48.1. The molecular weight excluding hydrogens is 651 g/mol. The number of carbonyl (C=O) groups excluding carboxylic acids is 2. The summed E-state index contributed by atoms with van der Waals surface area (Å²) in [7, 11) is 2.95. The Morgan fingerprint density at radius 2 is 1.23 bits per heavy atom. The van der Waals surface area contributed by atoms with Crippen LogP contribution in [0.25, 0.3) is 20.2 Å². The van der Waals surface area contributed by atoms with Crippen LogP contribution < -0.4 is 18.9 Å². The lowest BCUT2D eigenvalue weighted by molar-refractivity contribution is -0.141. The highest BCUT2D eigenvalue weighted by Gasteiger charge is 2.23. The van der Waals surface area contributed by atoms with Crippen molar-refractivity contribution in [3.05, 3.63) is 45.9 Å². The van der Waals surface area contributed by atoms with Crippen molar-refractivity contribution in [1.29, 1.82) is 0 Å². The van der Waals surface area contributed by atoms with Crippen molar-refractivity contribution in [2.24, 2.45) is 11.8 Å². The van der Waals surface area contributed by atoms with E-state index in [-0.39, 0.29) is 52.8 Å². The van der Waals surface area contributed by atoms with Crippen molar-refractivity contribution in [2.45, 2.75) is 52.4 Å². The molecule has 0 radical (unpaired) electrons. The molecule has 0 amide bonds. The molecule has 0 unspecified atom stereocenters. The van der Waals surface area contributed by atoms with E-state index >= 15 is 4.39 Å². The number of halogens is 1. The minimum Gasteiger partial charge on any atom is -0.493 e. The van der Waals surface area contributed by atoms with Gasteiger partial charge in [-0.05, 0) is 49.3 Å². The molecule has 0 bridgehead atoms. The minimum absolute atomic E-state index is 0.0313. The number of methoxy groups -OCH3 is 2. The van der Waals surface area contributed by atoms with Gasteiger partial charge >= 0.3 is 11.9 Å². The Bertz CT molecular complexity index is 1780. The number of fused-ring (bicyclic) bond motifs is 2. The molecule has 0 aliphatic heterocycles. The third-order valence-electron chi connectivity index (χ3n) is 7.62. The molecule has 2 atom stereocenters. The minimum atomic E-state index is -1.07. The average molecular weight is 689 g/mol. The lowest BCUT2D eigenvalue weighted by Gasteiger charge is -2.13. The van der Waals surface area contributed by atoms with Crippen molar-refractivity contribution < 1.29 is 52.7 Å². The molecule has 2 heterocycles. The van der Waals surface area contributed by atoms with Crippen LogP contribution in [-0.4, -0.2) is 61.2 Å². The molecule has 0 fully saturated rings. The van der Waals surface area contributed by atoms with Gasteiger partial charge in [0.2, 0.25) is 0 Å². The van der Waals surface area contributed by atoms with E-state index < -0.39 is 29.6 Å². The Morgan fingerprint density at radius 3 is 1.81 bits per heavy atom. The average Bonchev–Trinajstić information content (AvgIpc) is 3.67. The molecule has 0 saturated heterocycles. The van der Waals surface area contributed by atoms with Gasteiger partial charge < -0.3 is 29.2 Å². The Kier molecular flexibility index (Phi) is 12.2. The zero-order valence-corrected chi connectivity index (χ0v) is 28.2. The maximum Gasteiger partial charge on any atom is 0.306 e. The standard InChI is InChI=1S/C34H37FO10S2/c1-18(33(38)39)11-22(36)29-14-20-13-25(24(42-3)16-27(20)46-29)44-9-7-5-6-8-10-45-32-26(43-4)17-28-21(31(32)35)15-30(47-28)23(37)12-19(2)34(40)41/h13-19H,5-12H2,1-4H3,(H,38,39)(H,40,41)/t18-,19-/m0/s1. The van der Waals surface area contributed by atoms with Crippen LogP contribution in [0.5, 0.6) is 23.0 Å². The second-order valence-electron chi connectivity index (χ2n) is 11.2. The molecule has 252 valence electrons. The van der Waals surface area contributed by atoms with Crippen LogP contribution in [-0.2, 0) is 9.59 Å². The molecule has 4 rings (SSSR count). The molecule has 13 heteroatoms. The quantitative estimate of drug-likeness (QED) is 0.0737. The van der Waals surface area contributed by atoms with Gasteiger partial charge in [0.25, 0.3) is 0 Å². The molecule has 2 aromatic carbocycles. The fourth-order valence-electron chi connectivity index (χ4n) is 4.83. The summed E-state index contributed by atoms with van der Waals surface area (Å²) < 4.78 is 39.4. The number of thiophene rings is 2. The third-order valence-corrected chi connectivity index (χ3v) is 9.89. The van der Waals surface area contributed by atoms with E-state index in [0.29, 0.717) is 34.1 Å². The maximum atomic E-state index is 15.4. The van der Waals surface area contributed by atoms with Crippen LogP contribution in [0, 0.1) is 17.7 Å². The zero-order valence-electron chi connectivity index (χ0n) is 26.6. The predicted octanol–water partition coefficient (Wildman–Crippen LogP) is 7.88. The molecule has 0 saturated carbocycles. The van der Waals surface area contributed by atoms with Gasteiger partial charge in [-0.1, -0.05) is 13.8 Å². The van der Waals surface area contributed by atoms with E-state index in [4.69, 9.17) is 29.2 Å². The predicted molar refractivity (Wildman–Crippen MR) is 178 cm³/mol. The number of benzene rings is 2. The Labute approximate surface area is 279 Å². The van der Waals surface area contributed by atoms with Crippen molar-refractivity contribution >= 4 is 66.4 Å². The Balaban J connectivity index is 1.27. The largest absolute Gasteiger partial charge is 0.493 e. The first-order chi connectivity index (χ1) is 22.4. The first-order valence-corrected chi connectivity index (χ1v) is 16.8. The molecule has 0 spiro atoms. The highest BCUT2D eigenvalue weighted by molar-refractivity contribution is 7.21. The number of hydrogen-bond acceptors (Lipinski definition) is 10. The summed E-state index contributed by atoms with van der Waals surface area (Å²) >= 11 is 2.38. The highest BCUT2D eigenvalue weighted by atomic mass is 32.1. The number of carbonyl (C=O) groups is 4. The van der Waals surface area contributed by atoms with Crippen molar-refractivity contribution in [3.63, 3.8) is 0 Å². The van der Waals surface area contributed by atoms with Crippen LogP contribution in [0.15, 0.2) is 30.3 Å². The summed E-state index contributed by atoms with van der Waals surface area (Å²) in [6.45, 7) is 3.64. The van der Waals surface area contributed by atoms with Crippen molar-refractivity contribution in [1.82, 2.24) is 0 Å². The summed E-state index contributed by atoms with van der Waals surface area (Å²) in [5, 5.41) is 19.2. The van der Waals surface area contributed by atoms with E-state index in [1.807, 2.05) is 12.1 Å². The zero-order chi connectivity index (χ0) is 34.2. The van der Waals surface area contributed by atoms with E-state index in [1.54, 1.807) is 12.1 Å². The fourth-order valence-corrected chi connectivity index (χ4v) is 6.88. The summed E-state index contributed by atoms with van der Waals surface area (Å²) in [5.41, 5.74) is 0. The number of carboxylic acid groups (broad SMARTS) is 2. The smallest absolute Gasteiger partial charge is 0.306 e. The molecular formula is C34H37FO10S2. The van der Waals surface area contributed by atoms with Crippen molar-refractivity contribution in [2.75, 3.05) is 27.4 Å². The normalized spacial score (nSPS) is 12.5. The first-order valence-electron chi connectivity index (χ1n) is 15.1. The highest BCUT2D eigenvalue weighted by Crippen LogP contribution is 2.41. The monoisotopic (exact) mass is 688 g/mol. The van der Waals surface area contributed by atoms with Gasteiger partial charge in [-0.3, -0.25) is 19.2 Å².